The molecule has 204 valence electrons. The van der Waals surface area contributed by atoms with Crippen molar-refractivity contribution in [3.8, 4) is 5.75 Å². The van der Waals surface area contributed by atoms with Crippen LogP contribution >= 0.6 is 11.6 Å². The average molecular weight is 548 g/mol. The smallest absolute Gasteiger partial charge is 0.255 e. The van der Waals surface area contributed by atoms with Gasteiger partial charge in [0, 0.05) is 36.1 Å². The van der Waals surface area contributed by atoms with Gasteiger partial charge < -0.3 is 30.9 Å². The van der Waals surface area contributed by atoms with Crippen molar-refractivity contribution in [1.29, 1.82) is 0 Å². The number of aliphatic hydroxyl groups is 3. The quantitative estimate of drug-likeness (QED) is 0.333. The molecular formula is C26H30ClN3O8. The number of benzene rings is 1. The molecule has 1 saturated heterocycles. The highest BCUT2D eigenvalue weighted by Crippen LogP contribution is 2.53. The number of morpholine rings is 1. The maximum absolute atomic E-state index is 13.8. The van der Waals surface area contributed by atoms with E-state index in [0.717, 1.165) is 0 Å². The number of nitrogens with zero attached hydrogens (tertiary/aromatic N) is 2. The molecule has 0 spiro atoms. The van der Waals surface area contributed by atoms with E-state index < -0.39 is 58.0 Å². The number of aromatic hydroxyl groups is 1. The van der Waals surface area contributed by atoms with E-state index in [1.807, 2.05) is 0 Å². The number of nitrogens with two attached hydrogens (primary N) is 1. The maximum atomic E-state index is 13.8. The highest BCUT2D eigenvalue weighted by Gasteiger charge is 2.64. The molecule has 4 aliphatic rings. The van der Waals surface area contributed by atoms with E-state index in [4.69, 9.17) is 22.1 Å². The lowest BCUT2D eigenvalue weighted by molar-refractivity contribution is -0.153. The predicted octanol–water partition coefficient (Wildman–Crippen LogP) is 0.450. The number of rotatable bonds is 4. The van der Waals surface area contributed by atoms with Gasteiger partial charge in [-0.1, -0.05) is 11.6 Å². The van der Waals surface area contributed by atoms with Crippen LogP contribution in [0.5, 0.6) is 5.75 Å². The molecule has 1 heterocycles. The normalized spacial score (nSPS) is 29.9. The number of aliphatic hydroxyl groups excluding tert-OH is 2. The molecule has 0 aromatic heterocycles. The van der Waals surface area contributed by atoms with Gasteiger partial charge in [-0.25, -0.2) is 0 Å². The highest BCUT2D eigenvalue weighted by molar-refractivity contribution is 6.32. The Morgan fingerprint density at radius 1 is 1.24 bits per heavy atom. The molecule has 6 N–H and O–H groups in total. The van der Waals surface area contributed by atoms with Gasteiger partial charge in [-0.2, -0.15) is 0 Å². The van der Waals surface area contributed by atoms with Gasteiger partial charge in [0.2, 0.25) is 5.78 Å². The van der Waals surface area contributed by atoms with E-state index >= 15 is 0 Å². The summed E-state index contributed by atoms with van der Waals surface area (Å²) in [6.07, 6.45) is 0.161. The SMILES string of the molecule is CN(C)[C@@H]1C(=O)C(C(N)=O)=C(O)[C@@]2(O)C(=O)C3=C(O)c4c(O)cc(CN5CCOCC5)c(Cl)c4C[C@H]3C[C@@H]12. The molecule has 12 heteroatoms. The van der Waals surface area contributed by atoms with E-state index in [1.54, 1.807) is 14.1 Å². The third-order valence-electron chi connectivity index (χ3n) is 8.23. The number of hydrogen-bond acceptors (Lipinski definition) is 10. The first-order valence-corrected chi connectivity index (χ1v) is 12.7. The molecule has 0 bridgehead atoms. The Morgan fingerprint density at radius 2 is 1.89 bits per heavy atom. The first-order chi connectivity index (χ1) is 17.9. The van der Waals surface area contributed by atoms with Crippen molar-refractivity contribution in [3.05, 3.63) is 44.7 Å². The molecule has 1 aromatic rings. The van der Waals surface area contributed by atoms with Crippen LogP contribution in [0.4, 0.5) is 0 Å². The van der Waals surface area contributed by atoms with Gasteiger partial charge in [0.25, 0.3) is 5.91 Å². The van der Waals surface area contributed by atoms with Crippen LogP contribution in [0, 0.1) is 11.8 Å². The molecule has 1 amide bonds. The third kappa shape index (κ3) is 3.76. The Kier molecular flexibility index (Phi) is 6.56. The molecule has 1 saturated carbocycles. The monoisotopic (exact) mass is 547 g/mol. The number of amides is 1. The van der Waals surface area contributed by atoms with Crippen molar-refractivity contribution >= 4 is 34.8 Å². The first kappa shape index (κ1) is 26.6. The molecule has 0 unspecified atom stereocenters. The van der Waals surface area contributed by atoms with E-state index in [9.17, 15) is 34.8 Å². The number of carbonyl (C=O) groups is 3. The predicted molar refractivity (Wildman–Crippen MR) is 135 cm³/mol. The summed E-state index contributed by atoms with van der Waals surface area (Å²) in [6.45, 7) is 3.02. The topological polar surface area (TPSA) is 174 Å². The lowest BCUT2D eigenvalue weighted by Crippen LogP contribution is -2.65. The summed E-state index contributed by atoms with van der Waals surface area (Å²) >= 11 is 6.80. The van der Waals surface area contributed by atoms with Crippen LogP contribution in [0.25, 0.3) is 5.76 Å². The van der Waals surface area contributed by atoms with E-state index in [0.29, 0.717) is 49.0 Å². The van der Waals surface area contributed by atoms with Gasteiger partial charge in [0.05, 0.1) is 24.8 Å². The number of primary amides is 1. The van der Waals surface area contributed by atoms with Crippen LogP contribution in [0.3, 0.4) is 0 Å². The number of phenols is 1. The van der Waals surface area contributed by atoms with Crippen molar-refractivity contribution in [2.75, 3.05) is 40.4 Å². The van der Waals surface area contributed by atoms with Crippen molar-refractivity contribution in [3.63, 3.8) is 0 Å². The third-order valence-corrected chi connectivity index (χ3v) is 8.70. The van der Waals surface area contributed by atoms with E-state index in [2.05, 4.69) is 4.90 Å². The number of carbonyl (C=O) groups excluding carboxylic acids is 3. The molecule has 11 nitrogen and oxygen atoms in total. The van der Waals surface area contributed by atoms with Crippen LogP contribution in [-0.2, 0) is 32.1 Å². The van der Waals surface area contributed by atoms with Crippen LogP contribution in [-0.4, -0.2) is 99.7 Å². The van der Waals surface area contributed by atoms with Crippen molar-refractivity contribution in [2.24, 2.45) is 17.6 Å². The van der Waals surface area contributed by atoms with Crippen molar-refractivity contribution in [2.45, 2.75) is 31.0 Å². The molecular weight excluding hydrogens is 518 g/mol. The average Bonchev–Trinajstić information content (AvgIpc) is 2.84. The van der Waals surface area contributed by atoms with Crippen LogP contribution in [0.2, 0.25) is 5.02 Å². The van der Waals surface area contributed by atoms with Gasteiger partial charge >= 0.3 is 0 Å². The number of likely N-dealkylation sites (N-methyl/N-ethyl adjacent to an activating group) is 1. The second-order valence-corrected chi connectivity index (χ2v) is 11.0. The summed E-state index contributed by atoms with van der Waals surface area (Å²) in [7, 11) is 3.11. The van der Waals surface area contributed by atoms with Gasteiger partial charge in [0.15, 0.2) is 11.4 Å². The standard InChI is InChI=1S/C26H30ClN3O8/c1-29(2)20-14-8-11-7-13-17(15(31)9-12(19(13)27)10-30-3-5-38-6-4-30)21(32)16(11)23(34)26(14,37)24(35)18(22(20)33)25(28)36/h9,11,14,20,31-32,35,37H,3-8,10H2,1-2H3,(H2,28,36)/t11-,14-,20-,26-/m0/s1. The summed E-state index contributed by atoms with van der Waals surface area (Å²) in [4.78, 5) is 42.7. The van der Waals surface area contributed by atoms with Crippen LogP contribution in [0.15, 0.2) is 23.0 Å². The fourth-order valence-electron chi connectivity index (χ4n) is 6.46. The van der Waals surface area contributed by atoms with Gasteiger partial charge in [-0.05, 0) is 50.0 Å². The molecule has 38 heavy (non-hydrogen) atoms. The van der Waals surface area contributed by atoms with Crippen LogP contribution < -0.4 is 5.73 Å². The van der Waals surface area contributed by atoms with E-state index in [-0.39, 0.29) is 29.7 Å². The number of fused-ring (bicyclic) bond motifs is 3. The molecule has 3 aliphatic carbocycles. The maximum Gasteiger partial charge on any atom is 0.255 e. The molecule has 5 rings (SSSR count). The lowest BCUT2D eigenvalue weighted by atomic mass is 9.57. The Bertz CT molecular complexity index is 1320. The Balaban J connectivity index is 1.64. The highest BCUT2D eigenvalue weighted by atomic mass is 35.5. The Labute approximate surface area is 223 Å². The minimum atomic E-state index is -2.67. The molecule has 4 atom stereocenters. The minimum absolute atomic E-state index is 0.0105. The van der Waals surface area contributed by atoms with E-state index in [1.165, 1.54) is 11.0 Å². The number of halogens is 1. The van der Waals surface area contributed by atoms with Gasteiger partial charge in [0.1, 0.15) is 22.8 Å². The molecule has 2 fully saturated rings. The number of ketones is 2. The number of hydrogen-bond donors (Lipinski definition) is 5. The van der Waals surface area contributed by atoms with Crippen molar-refractivity contribution in [1.82, 2.24) is 9.80 Å². The Morgan fingerprint density at radius 3 is 2.50 bits per heavy atom. The van der Waals surface area contributed by atoms with Crippen molar-refractivity contribution < 1.29 is 39.5 Å². The fraction of sp³-hybridized carbons (Fsp3) is 0.500. The number of ether oxygens (including phenoxy) is 1. The summed E-state index contributed by atoms with van der Waals surface area (Å²) in [5.74, 6) is -6.87. The molecule has 0 radical (unpaired) electrons. The second-order valence-electron chi connectivity index (χ2n) is 10.6. The molecule has 1 aromatic carbocycles. The first-order valence-electron chi connectivity index (χ1n) is 12.4. The molecule has 1 aliphatic heterocycles. The van der Waals surface area contributed by atoms with Gasteiger partial charge in [-0.15, -0.1) is 0 Å². The lowest BCUT2D eigenvalue weighted by Gasteiger charge is -2.50. The number of Topliss-reactive ketones (excluding diaryl/α,β-unsaturated/α-hetero) is 2. The zero-order chi connectivity index (χ0) is 27.7. The largest absolute Gasteiger partial charge is 0.508 e. The van der Waals surface area contributed by atoms with Crippen LogP contribution in [0.1, 0.15) is 23.1 Å². The summed E-state index contributed by atoms with van der Waals surface area (Å²) in [6, 6.07) is 0.312. The summed E-state index contributed by atoms with van der Waals surface area (Å²) in [5.41, 5.74) is 2.73. The second kappa shape index (κ2) is 9.35. The van der Waals surface area contributed by atoms with Gasteiger partial charge in [-0.3, -0.25) is 24.2 Å². The zero-order valence-electron chi connectivity index (χ0n) is 21.0. The fourth-order valence-corrected chi connectivity index (χ4v) is 6.75. The minimum Gasteiger partial charge on any atom is -0.508 e. The zero-order valence-corrected chi connectivity index (χ0v) is 21.8. The number of phenolic OH excluding ortho intramolecular Hbond substituents is 1. The summed E-state index contributed by atoms with van der Waals surface area (Å²) < 4.78 is 5.39. The summed E-state index contributed by atoms with van der Waals surface area (Å²) in [5, 5.41) is 45.1. The Hall–Kier alpha value is -2.96.